The lowest BCUT2D eigenvalue weighted by Crippen LogP contribution is -2.30. The summed E-state index contributed by atoms with van der Waals surface area (Å²) < 4.78 is 11.7. The Morgan fingerprint density at radius 2 is 1.16 bits per heavy atom. The van der Waals surface area contributed by atoms with E-state index < -0.39 is 24.1 Å². The van der Waals surface area contributed by atoms with Gasteiger partial charge in [0, 0.05) is 5.56 Å². The summed E-state index contributed by atoms with van der Waals surface area (Å²) in [5.74, 6) is -0.934. The second kappa shape index (κ2) is 8.52. The van der Waals surface area contributed by atoms with Gasteiger partial charge < -0.3 is 9.47 Å². The van der Waals surface area contributed by atoms with Crippen molar-refractivity contribution >= 4 is 28.8 Å². The zero-order valence-electron chi connectivity index (χ0n) is 17.2. The van der Waals surface area contributed by atoms with Crippen molar-refractivity contribution in [3.8, 4) is 0 Å². The molecule has 0 aliphatic heterocycles. The van der Waals surface area contributed by atoms with E-state index in [0.29, 0.717) is 11.1 Å². The molecular formula is C28H20O4. The van der Waals surface area contributed by atoms with Gasteiger partial charge in [-0.05, 0) is 58.8 Å². The number of hydrogen-bond donors (Lipinski definition) is 0. The van der Waals surface area contributed by atoms with Gasteiger partial charge in [-0.15, -0.1) is 0 Å². The van der Waals surface area contributed by atoms with Gasteiger partial charge in [-0.1, -0.05) is 66.7 Å². The Morgan fingerprint density at radius 3 is 1.78 bits per heavy atom. The van der Waals surface area contributed by atoms with Gasteiger partial charge in [0.25, 0.3) is 0 Å². The van der Waals surface area contributed by atoms with Gasteiger partial charge in [-0.3, -0.25) is 0 Å². The standard InChI is InChI=1S/C28H20O4/c29-27(19-9-3-1-4-10-19)31-25-16-15-23-17-21-13-7-8-14-22(21)18-24(23)26(25)32-28(30)20-11-5-2-6-12-20/h1-18,25-26H/t25-,26-/m1/s1. The van der Waals surface area contributed by atoms with Crippen LogP contribution in [0, 0.1) is 0 Å². The highest BCUT2D eigenvalue weighted by molar-refractivity contribution is 5.91. The first-order valence-electron chi connectivity index (χ1n) is 10.4. The number of benzene rings is 4. The highest BCUT2D eigenvalue weighted by atomic mass is 16.6. The predicted octanol–water partition coefficient (Wildman–Crippen LogP) is 5.99. The average Bonchev–Trinajstić information content (AvgIpc) is 2.85. The van der Waals surface area contributed by atoms with Crippen molar-refractivity contribution < 1.29 is 19.1 Å². The SMILES string of the molecule is O=C(O[C@@H]1c2cc3ccccc3cc2C=C[C@H]1OC(=O)c1ccccc1)c1ccccc1. The lowest BCUT2D eigenvalue weighted by Gasteiger charge is -2.29. The second-order valence-corrected chi connectivity index (χ2v) is 7.62. The number of carbonyl (C=O) groups is 2. The summed E-state index contributed by atoms with van der Waals surface area (Å²) in [6.45, 7) is 0. The maximum absolute atomic E-state index is 12.9. The largest absolute Gasteiger partial charge is 0.450 e. The molecule has 0 unspecified atom stereocenters. The first-order valence-corrected chi connectivity index (χ1v) is 10.4. The highest BCUT2D eigenvalue weighted by Gasteiger charge is 2.33. The molecule has 5 rings (SSSR count). The van der Waals surface area contributed by atoms with E-state index in [1.165, 1.54) is 0 Å². The molecule has 0 fully saturated rings. The Balaban J connectivity index is 1.52. The summed E-state index contributed by atoms with van der Waals surface area (Å²) >= 11 is 0. The van der Waals surface area contributed by atoms with Gasteiger partial charge in [0.1, 0.15) is 0 Å². The van der Waals surface area contributed by atoms with Gasteiger partial charge in [-0.25, -0.2) is 9.59 Å². The maximum atomic E-state index is 12.9. The lowest BCUT2D eigenvalue weighted by atomic mass is 9.90. The third kappa shape index (κ3) is 3.91. The van der Waals surface area contributed by atoms with Crippen LogP contribution in [0.3, 0.4) is 0 Å². The van der Waals surface area contributed by atoms with Crippen LogP contribution < -0.4 is 0 Å². The van der Waals surface area contributed by atoms with Crippen molar-refractivity contribution in [2.75, 3.05) is 0 Å². The van der Waals surface area contributed by atoms with E-state index in [0.717, 1.165) is 21.9 Å². The van der Waals surface area contributed by atoms with Crippen molar-refractivity contribution in [3.05, 3.63) is 125 Å². The van der Waals surface area contributed by atoms with Crippen LogP contribution in [-0.4, -0.2) is 18.0 Å². The molecule has 0 radical (unpaired) electrons. The third-order valence-electron chi connectivity index (χ3n) is 5.52. The predicted molar refractivity (Wildman–Crippen MR) is 123 cm³/mol. The van der Waals surface area contributed by atoms with Crippen molar-refractivity contribution in [3.63, 3.8) is 0 Å². The van der Waals surface area contributed by atoms with Crippen LogP contribution in [0.2, 0.25) is 0 Å². The Morgan fingerprint density at radius 1 is 0.625 bits per heavy atom. The van der Waals surface area contributed by atoms with Crippen molar-refractivity contribution in [2.24, 2.45) is 0 Å². The summed E-state index contributed by atoms with van der Waals surface area (Å²) in [5.41, 5.74) is 2.62. The van der Waals surface area contributed by atoms with Crippen LogP contribution in [0.25, 0.3) is 16.8 Å². The van der Waals surface area contributed by atoms with Gasteiger partial charge in [0.05, 0.1) is 11.1 Å². The van der Waals surface area contributed by atoms with E-state index in [9.17, 15) is 9.59 Å². The molecule has 4 aromatic carbocycles. The Bertz CT molecular complexity index is 1310. The quantitative estimate of drug-likeness (QED) is 0.381. The van der Waals surface area contributed by atoms with E-state index in [1.54, 1.807) is 54.6 Å². The summed E-state index contributed by atoms with van der Waals surface area (Å²) in [6, 6.07) is 29.6. The van der Waals surface area contributed by atoms with E-state index in [2.05, 4.69) is 6.07 Å². The number of fused-ring (bicyclic) bond motifs is 2. The highest BCUT2D eigenvalue weighted by Crippen LogP contribution is 2.36. The number of ether oxygens (including phenoxy) is 2. The number of rotatable bonds is 4. The van der Waals surface area contributed by atoms with Crippen LogP contribution in [0.15, 0.2) is 103 Å². The first-order chi connectivity index (χ1) is 15.7. The summed E-state index contributed by atoms with van der Waals surface area (Å²) in [7, 11) is 0. The Labute approximate surface area is 185 Å². The number of hydrogen-bond acceptors (Lipinski definition) is 4. The minimum absolute atomic E-state index is 0.442. The van der Waals surface area contributed by atoms with Crippen molar-refractivity contribution in [1.82, 2.24) is 0 Å². The molecule has 0 spiro atoms. The van der Waals surface area contributed by atoms with E-state index in [4.69, 9.17) is 9.47 Å². The van der Waals surface area contributed by atoms with Crippen molar-refractivity contribution in [2.45, 2.75) is 12.2 Å². The molecule has 1 aliphatic rings. The number of carbonyl (C=O) groups excluding carboxylic acids is 2. The molecule has 0 amide bonds. The molecule has 4 aromatic rings. The molecule has 0 aromatic heterocycles. The molecule has 0 saturated carbocycles. The van der Waals surface area contributed by atoms with Crippen LogP contribution in [-0.2, 0) is 9.47 Å². The number of esters is 2. The molecular weight excluding hydrogens is 400 g/mol. The van der Waals surface area contributed by atoms with Crippen LogP contribution in [0.4, 0.5) is 0 Å². The van der Waals surface area contributed by atoms with Crippen LogP contribution in [0.1, 0.15) is 37.9 Å². The summed E-state index contributed by atoms with van der Waals surface area (Å²) in [5, 5.41) is 2.11. The van der Waals surface area contributed by atoms with Crippen LogP contribution in [0.5, 0.6) is 0 Å². The zero-order valence-corrected chi connectivity index (χ0v) is 17.2. The fourth-order valence-corrected chi connectivity index (χ4v) is 3.90. The summed E-state index contributed by atoms with van der Waals surface area (Å²) in [4.78, 5) is 25.6. The minimum atomic E-state index is -0.764. The fourth-order valence-electron chi connectivity index (χ4n) is 3.90. The third-order valence-corrected chi connectivity index (χ3v) is 5.52. The van der Waals surface area contributed by atoms with Gasteiger partial charge in [-0.2, -0.15) is 0 Å². The van der Waals surface area contributed by atoms with E-state index in [1.807, 2.05) is 48.5 Å². The van der Waals surface area contributed by atoms with E-state index >= 15 is 0 Å². The molecule has 0 heterocycles. The topological polar surface area (TPSA) is 52.6 Å². The molecule has 32 heavy (non-hydrogen) atoms. The van der Waals surface area contributed by atoms with Gasteiger partial charge in [0.2, 0.25) is 0 Å². The zero-order chi connectivity index (χ0) is 21.9. The molecule has 156 valence electrons. The molecule has 1 aliphatic carbocycles. The molecule has 4 nitrogen and oxygen atoms in total. The molecule has 2 atom stereocenters. The fraction of sp³-hybridized carbons (Fsp3) is 0.0714. The van der Waals surface area contributed by atoms with Crippen molar-refractivity contribution in [1.29, 1.82) is 0 Å². The maximum Gasteiger partial charge on any atom is 0.338 e. The Kier molecular flexibility index (Phi) is 5.26. The molecule has 0 saturated heterocycles. The minimum Gasteiger partial charge on any atom is -0.450 e. The van der Waals surface area contributed by atoms with Gasteiger partial charge in [0.15, 0.2) is 12.2 Å². The smallest absolute Gasteiger partial charge is 0.338 e. The average molecular weight is 420 g/mol. The second-order valence-electron chi connectivity index (χ2n) is 7.62. The van der Waals surface area contributed by atoms with Gasteiger partial charge >= 0.3 is 11.9 Å². The normalized spacial score (nSPS) is 16.9. The molecule has 0 bridgehead atoms. The molecule has 4 heteroatoms. The first kappa shape index (κ1) is 19.8. The molecule has 0 N–H and O–H groups in total. The summed E-state index contributed by atoms with van der Waals surface area (Å²) in [6.07, 6.45) is 2.18. The van der Waals surface area contributed by atoms with Crippen LogP contribution >= 0.6 is 0 Å². The van der Waals surface area contributed by atoms with E-state index in [-0.39, 0.29) is 0 Å². The Hall–Kier alpha value is -4.18. The monoisotopic (exact) mass is 420 g/mol. The lowest BCUT2D eigenvalue weighted by molar-refractivity contribution is -0.0228.